The fourth-order valence-corrected chi connectivity index (χ4v) is 1.63. The van der Waals surface area contributed by atoms with Crippen molar-refractivity contribution in [2.75, 3.05) is 0 Å². The maximum atomic E-state index is 13.6. The van der Waals surface area contributed by atoms with Gasteiger partial charge in [-0.1, -0.05) is 15.9 Å². The smallest absolute Gasteiger partial charge is 0.128 e. The molecule has 0 aliphatic heterocycles. The Morgan fingerprint density at radius 2 is 1.94 bits per heavy atom. The van der Waals surface area contributed by atoms with Gasteiger partial charge in [-0.15, -0.1) is 0 Å². The predicted molar refractivity (Wildman–Crippen MR) is 68.5 cm³/mol. The van der Waals surface area contributed by atoms with Crippen molar-refractivity contribution in [2.24, 2.45) is 0 Å². The lowest BCUT2D eigenvalue weighted by molar-refractivity contribution is 0.324. The maximum absolute atomic E-state index is 13.6. The molecule has 0 unspecified atom stereocenters. The summed E-state index contributed by atoms with van der Waals surface area (Å²) in [6.45, 7) is 8.06. The second-order valence-corrected chi connectivity index (χ2v) is 5.82. The van der Waals surface area contributed by atoms with Gasteiger partial charge in [-0.3, -0.25) is 10.9 Å². The molecule has 0 saturated carbocycles. The first kappa shape index (κ1) is 13.6. The summed E-state index contributed by atoms with van der Waals surface area (Å²) in [5, 5.41) is 0. The van der Waals surface area contributed by atoms with Crippen LogP contribution in [0.5, 0.6) is 0 Å². The lowest BCUT2D eigenvalue weighted by Crippen LogP contribution is -2.47. The van der Waals surface area contributed by atoms with Gasteiger partial charge in [0.05, 0.1) is 0 Å². The molecule has 0 aliphatic rings. The summed E-state index contributed by atoms with van der Waals surface area (Å²) < 4.78 is 14.4. The monoisotopic (exact) mass is 288 g/mol. The summed E-state index contributed by atoms with van der Waals surface area (Å²) in [4.78, 5) is 0. The van der Waals surface area contributed by atoms with E-state index in [1.807, 2.05) is 27.7 Å². The molecule has 1 aromatic carbocycles. The fourth-order valence-electron chi connectivity index (χ4n) is 1.25. The van der Waals surface area contributed by atoms with Gasteiger partial charge in [0.15, 0.2) is 0 Å². The van der Waals surface area contributed by atoms with Crippen LogP contribution >= 0.6 is 15.9 Å². The third-order valence-electron chi connectivity index (χ3n) is 2.09. The molecular formula is C12H18BrFN2. The molecule has 0 saturated heterocycles. The van der Waals surface area contributed by atoms with Crippen molar-refractivity contribution in [1.29, 1.82) is 0 Å². The molecule has 4 heteroatoms. The van der Waals surface area contributed by atoms with Crippen molar-refractivity contribution >= 4 is 15.9 Å². The molecule has 2 N–H and O–H groups in total. The molecule has 16 heavy (non-hydrogen) atoms. The highest BCUT2D eigenvalue weighted by molar-refractivity contribution is 9.10. The highest BCUT2D eigenvalue weighted by Crippen LogP contribution is 2.21. The summed E-state index contributed by atoms with van der Waals surface area (Å²) in [6, 6.07) is 4.87. The zero-order valence-corrected chi connectivity index (χ0v) is 11.7. The minimum absolute atomic E-state index is 0.0449. The normalized spacial score (nSPS) is 13.9. The minimum atomic E-state index is -0.195. The van der Waals surface area contributed by atoms with E-state index in [2.05, 4.69) is 26.8 Å². The van der Waals surface area contributed by atoms with E-state index in [4.69, 9.17) is 0 Å². The molecule has 0 bridgehead atoms. The van der Waals surface area contributed by atoms with Gasteiger partial charge in [-0.05, 0) is 45.9 Å². The van der Waals surface area contributed by atoms with Crippen LogP contribution in [0.25, 0.3) is 0 Å². The van der Waals surface area contributed by atoms with Gasteiger partial charge in [0.1, 0.15) is 5.82 Å². The lowest BCUT2D eigenvalue weighted by atomic mass is 10.1. The summed E-state index contributed by atoms with van der Waals surface area (Å²) >= 11 is 3.34. The molecule has 0 radical (unpaired) electrons. The molecule has 0 amide bonds. The van der Waals surface area contributed by atoms with E-state index in [-0.39, 0.29) is 17.4 Å². The number of hydrazine groups is 1. The summed E-state index contributed by atoms with van der Waals surface area (Å²) in [7, 11) is 0. The third kappa shape index (κ3) is 4.20. The first-order valence-electron chi connectivity index (χ1n) is 5.27. The van der Waals surface area contributed by atoms with E-state index in [1.54, 1.807) is 12.1 Å². The Morgan fingerprint density at radius 3 is 2.50 bits per heavy atom. The molecular weight excluding hydrogens is 271 g/mol. The van der Waals surface area contributed by atoms with Crippen LogP contribution in [0.4, 0.5) is 4.39 Å². The van der Waals surface area contributed by atoms with Crippen molar-refractivity contribution < 1.29 is 4.39 Å². The molecule has 0 spiro atoms. The first-order chi connectivity index (χ1) is 7.29. The molecule has 2 nitrogen and oxygen atoms in total. The van der Waals surface area contributed by atoms with E-state index >= 15 is 0 Å². The van der Waals surface area contributed by atoms with Crippen molar-refractivity contribution in [2.45, 2.75) is 39.3 Å². The van der Waals surface area contributed by atoms with Gasteiger partial charge in [-0.25, -0.2) is 4.39 Å². The van der Waals surface area contributed by atoms with E-state index in [0.29, 0.717) is 5.56 Å². The minimum Gasteiger partial charge on any atom is -0.252 e. The molecule has 1 aromatic rings. The predicted octanol–water partition coefficient (Wildman–Crippen LogP) is 3.54. The quantitative estimate of drug-likeness (QED) is 0.832. The Labute approximate surface area is 105 Å². The second-order valence-electron chi connectivity index (χ2n) is 4.91. The lowest BCUT2D eigenvalue weighted by Gasteiger charge is -2.25. The van der Waals surface area contributed by atoms with Crippen LogP contribution in [0.15, 0.2) is 22.7 Å². The van der Waals surface area contributed by atoms with Gasteiger partial charge in [-0.2, -0.15) is 0 Å². The molecule has 1 rings (SSSR count). The van der Waals surface area contributed by atoms with Crippen molar-refractivity contribution in [3.8, 4) is 0 Å². The highest BCUT2D eigenvalue weighted by Gasteiger charge is 2.14. The molecule has 0 aliphatic carbocycles. The van der Waals surface area contributed by atoms with Crippen LogP contribution in [0.3, 0.4) is 0 Å². The Bertz CT molecular complexity index is 361. The summed E-state index contributed by atoms with van der Waals surface area (Å²) in [5.74, 6) is -0.195. The van der Waals surface area contributed by atoms with Crippen molar-refractivity contribution in [3.05, 3.63) is 34.1 Å². The van der Waals surface area contributed by atoms with E-state index in [1.165, 1.54) is 6.07 Å². The summed E-state index contributed by atoms with van der Waals surface area (Å²) in [5.41, 5.74) is 6.83. The van der Waals surface area contributed by atoms with Crippen LogP contribution in [0.1, 0.15) is 39.3 Å². The van der Waals surface area contributed by atoms with Gasteiger partial charge in [0, 0.05) is 21.6 Å². The van der Waals surface area contributed by atoms with Crippen LogP contribution < -0.4 is 10.9 Å². The summed E-state index contributed by atoms with van der Waals surface area (Å²) in [6.07, 6.45) is 0. The van der Waals surface area contributed by atoms with E-state index in [0.717, 1.165) is 4.47 Å². The van der Waals surface area contributed by atoms with Crippen LogP contribution in [-0.2, 0) is 0 Å². The topological polar surface area (TPSA) is 24.1 Å². The number of hydrogen-bond acceptors (Lipinski definition) is 2. The molecule has 0 fully saturated rings. The largest absolute Gasteiger partial charge is 0.252 e. The number of rotatable bonds is 3. The zero-order valence-electron chi connectivity index (χ0n) is 10.1. The van der Waals surface area contributed by atoms with Gasteiger partial charge in [0.2, 0.25) is 0 Å². The maximum Gasteiger partial charge on any atom is 0.128 e. The number of benzene rings is 1. The molecule has 90 valence electrons. The SMILES string of the molecule is C[C@@H](NNC(C)(C)C)c1cc(Br)ccc1F. The van der Waals surface area contributed by atoms with Crippen LogP contribution in [-0.4, -0.2) is 5.54 Å². The highest BCUT2D eigenvalue weighted by atomic mass is 79.9. The van der Waals surface area contributed by atoms with E-state index < -0.39 is 0 Å². The average Bonchev–Trinajstić information content (AvgIpc) is 2.17. The molecule has 0 heterocycles. The Kier molecular flexibility index (Phi) is 4.47. The average molecular weight is 289 g/mol. The zero-order chi connectivity index (χ0) is 12.3. The number of halogens is 2. The Morgan fingerprint density at radius 1 is 1.31 bits per heavy atom. The fraction of sp³-hybridized carbons (Fsp3) is 0.500. The van der Waals surface area contributed by atoms with Crippen LogP contribution in [0, 0.1) is 5.82 Å². The molecule has 0 aromatic heterocycles. The van der Waals surface area contributed by atoms with Gasteiger partial charge >= 0.3 is 0 Å². The first-order valence-corrected chi connectivity index (χ1v) is 6.06. The third-order valence-corrected chi connectivity index (χ3v) is 2.58. The van der Waals surface area contributed by atoms with Crippen molar-refractivity contribution in [1.82, 2.24) is 10.9 Å². The Hall–Kier alpha value is -0.450. The Balaban J connectivity index is 2.73. The second kappa shape index (κ2) is 5.25. The number of hydrogen-bond donors (Lipinski definition) is 2. The van der Waals surface area contributed by atoms with Gasteiger partial charge < -0.3 is 0 Å². The standard InChI is InChI=1S/C12H18BrFN2/c1-8(15-16-12(2,3)4)10-7-9(13)5-6-11(10)14/h5-8,15-16H,1-4H3/t8-/m1/s1. The van der Waals surface area contributed by atoms with Gasteiger partial charge in [0.25, 0.3) is 0 Å². The number of nitrogens with one attached hydrogen (secondary N) is 2. The van der Waals surface area contributed by atoms with Crippen molar-refractivity contribution in [3.63, 3.8) is 0 Å². The molecule has 1 atom stereocenters. The van der Waals surface area contributed by atoms with Crippen LogP contribution in [0.2, 0.25) is 0 Å². The van der Waals surface area contributed by atoms with E-state index in [9.17, 15) is 4.39 Å².